The fourth-order valence-electron chi connectivity index (χ4n) is 5.24. The molecule has 0 saturated heterocycles. The molecule has 2 aliphatic rings. The molecule has 0 aliphatic heterocycles. The molecule has 0 unspecified atom stereocenters. The molecule has 2 nitrogen and oxygen atoms in total. The van der Waals surface area contributed by atoms with Crippen molar-refractivity contribution in [3.63, 3.8) is 0 Å². The van der Waals surface area contributed by atoms with Crippen LogP contribution in [-0.2, 0) is 9.47 Å². The summed E-state index contributed by atoms with van der Waals surface area (Å²) in [5.74, 6) is -1.24. The van der Waals surface area contributed by atoms with Gasteiger partial charge in [0.15, 0.2) is 11.6 Å². The normalized spacial score (nSPS) is 26.0. The highest BCUT2D eigenvalue weighted by molar-refractivity contribution is 5.36. The number of methoxy groups -OCH3 is 1. The van der Waals surface area contributed by atoms with E-state index in [2.05, 4.69) is 13.2 Å². The van der Waals surface area contributed by atoms with E-state index in [-0.39, 0.29) is 35.2 Å². The lowest BCUT2D eigenvalue weighted by atomic mass is 9.77. The van der Waals surface area contributed by atoms with Gasteiger partial charge in [0.1, 0.15) is 11.6 Å². The van der Waals surface area contributed by atoms with Crippen LogP contribution in [0.2, 0.25) is 0 Å². The van der Waals surface area contributed by atoms with Crippen molar-refractivity contribution < 1.29 is 22.6 Å². The fourth-order valence-corrected chi connectivity index (χ4v) is 5.24. The second kappa shape index (κ2) is 12.4. The lowest BCUT2D eigenvalue weighted by Crippen LogP contribution is -2.20. The summed E-state index contributed by atoms with van der Waals surface area (Å²) in [7, 11) is 1.71. The topological polar surface area (TPSA) is 18.5 Å². The van der Waals surface area contributed by atoms with E-state index in [0.717, 1.165) is 51.4 Å². The van der Waals surface area contributed by atoms with E-state index in [1.807, 2.05) is 13.0 Å². The molecule has 0 spiro atoms. The Hall–Kier alpha value is -2.27. The number of hydrogen-bond donors (Lipinski definition) is 0. The van der Waals surface area contributed by atoms with Gasteiger partial charge in [0.25, 0.3) is 0 Å². The van der Waals surface area contributed by atoms with Gasteiger partial charge in [-0.25, -0.2) is 13.2 Å². The Morgan fingerprint density at radius 2 is 1.47 bits per heavy atom. The highest BCUT2D eigenvalue weighted by atomic mass is 19.2. The van der Waals surface area contributed by atoms with E-state index in [0.29, 0.717) is 17.7 Å². The van der Waals surface area contributed by atoms with Gasteiger partial charge in [-0.15, -0.1) is 0 Å². The third kappa shape index (κ3) is 6.65. The summed E-state index contributed by atoms with van der Waals surface area (Å²) in [6.07, 6.45) is 11.8. The van der Waals surface area contributed by atoms with Crippen LogP contribution in [0.5, 0.6) is 0 Å². The number of benzene rings is 1. The largest absolute Gasteiger partial charge is 0.494 e. The molecule has 0 bridgehead atoms. The van der Waals surface area contributed by atoms with Crippen molar-refractivity contribution in [1.29, 1.82) is 0 Å². The van der Waals surface area contributed by atoms with Crippen LogP contribution in [0.3, 0.4) is 0 Å². The summed E-state index contributed by atoms with van der Waals surface area (Å²) in [4.78, 5) is 0. The summed E-state index contributed by atoms with van der Waals surface area (Å²) in [5, 5.41) is 0. The smallest absolute Gasteiger partial charge is 0.162 e. The van der Waals surface area contributed by atoms with E-state index < -0.39 is 17.5 Å². The van der Waals surface area contributed by atoms with Crippen LogP contribution in [0, 0.1) is 17.6 Å². The Labute approximate surface area is 202 Å². The van der Waals surface area contributed by atoms with Gasteiger partial charge in [-0.05, 0) is 87.2 Å². The number of ether oxygens (including phenoxy) is 2. The third-order valence-corrected chi connectivity index (χ3v) is 7.29. The summed E-state index contributed by atoms with van der Waals surface area (Å²) >= 11 is 0. The molecule has 34 heavy (non-hydrogen) atoms. The van der Waals surface area contributed by atoms with Gasteiger partial charge in [0.2, 0.25) is 0 Å². The Bertz CT molecular complexity index is 918. The van der Waals surface area contributed by atoms with Crippen molar-refractivity contribution in [2.45, 2.75) is 76.2 Å². The molecular formula is C29H37F3O2. The second-order valence-electron chi connectivity index (χ2n) is 9.47. The average molecular weight is 475 g/mol. The molecule has 186 valence electrons. The maximum absolute atomic E-state index is 15.1. The summed E-state index contributed by atoms with van der Waals surface area (Å²) < 4.78 is 54.8. The molecule has 1 aromatic carbocycles. The van der Waals surface area contributed by atoms with Gasteiger partial charge >= 0.3 is 0 Å². The lowest BCUT2D eigenvalue weighted by Gasteiger charge is -2.30. The standard InChI is InChI=1S/C29H37F3O2/c1-5-34-20(3)18-27(30)19(2)6-7-21-8-10-22(11-9-21)25-16-17-26(29(32)28(25)31)23-12-14-24(33-4)15-13-23/h6-7,16-18,21-24H,2-3,5,8-15H2,1,4H3/b7-6+,27-18+. The Balaban J connectivity index is 1.57. The Morgan fingerprint density at radius 1 is 0.941 bits per heavy atom. The van der Waals surface area contributed by atoms with Crippen molar-refractivity contribution in [2.75, 3.05) is 13.7 Å². The van der Waals surface area contributed by atoms with E-state index in [1.54, 1.807) is 25.3 Å². The monoisotopic (exact) mass is 474 g/mol. The molecule has 0 atom stereocenters. The Morgan fingerprint density at radius 3 is 1.97 bits per heavy atom. The van der Waals surface area contributed by atoms with Crippen LogP contribution in [0.15, 0.2) is 60.7 Å². The van der Waals surface area contributed by atoms with Crippen LogP contribution < -0.4 is 0 Å². The maximum Gasteiger partial charge on any atom is 0.162 e. The number of hydrogen-bond acceptors (Lipinski definition) is 2. The van der Waals surface area contributed by atoms with Crippen molar-refractivity contribution in [2.24, 2.45) is 5.92 Å². The van der Waals surface area contributed by atoms with Crippen LogP contribution in [-0.4, -0.2) is 19.8 Å². The molecule has 2 fully saturated rings. The van der Waals surface area contributed by atoms with Gasteiger partial charge in [0, 0.05) is 18.8 Å². The average Bonchev–Trinajstić information content (AvgIpc) is 2.85. The van der Waals surface area contributed by atoms with Crippen LogP contribution in [0.4, 0.5) is 13.2 Å². The first-order valence-corrected chi connectivity index (χ1v) is 12.4. The predicted molar refractivity (Wildman–Crippen MR) is 131 cm³/mol. The Kier molecular flexibility index (Phi) is 9.63. The van der Waals surface area contributed by atoms with Gasteiger partial charge in [0.05, 0.1) is 12.7 Å². The molecule has 0 radical (unpaired) electrons. The minimum absolute atomic E-state index is 0.00628. The van der Waals surface area contributed by atoms with Crippen molar-refractivity contribution in [3.8, 4) is 0 Å². The van der Waals surface area contributed by atoms with Gasteiger partial charge in [-0.3, -0.25) is 0 Å². The number of allylic oxidation sites excluding steroid dienone is 5. The molecule has 1 aromatic rings. The summed E-state index contributed by atoms with van der Waals surface area (Å²) in [5.41, 5.74) is 1.27. The molecule has 3 rings (SSSR count). The molecule has 0 N–H and O–H groups in total. The lowest BCUT2D eigenvalue weighted by molar-refractivity contribution is 0.0655. The van der Waals surface area contributed by atoms with Crippen molar-refractivity contribution in [3.05, 3.63) is 83.4 Å². The summed E-state index contributed by atoms with van der Waals surface area (Å²) in [6, 6.07) is 3.59. The minimum atomic E-state index is -0.680. The highest BCUT2D eigenvalue weighted by Gasteiger charge is 2.29. The van der Waals surface area contributed by atoms with Crippen LogP contribution >= 0.6 is 0 Å². The molecule has 2 saturated carbocycles. The van der Waals surface area contributed by atoms with Gasteiger partial charge in [-0.1, -0.05) is 37.4 Å². The quantitative estimate of drug-likeness (QED) is 0.264. The zero-order chi connectivity index (χ0) is 24.7. The zero-order valence-electron chi connectivity index (χ0n) is 20.4. The van der Waals surface area contributed by atoms with Crippen molar-refractivity contribution >= 4 is 0 Å². The van der Waals surface area contributed by atoms with Crippen LogP contribution in [0.1, 0.15) is 81.3 Å². The number of rotatable bonds is 9. The predicted octanol–water partition coefficient (Wildman–Crippen LogP) is 8.43. The molecular weight excluding hydrogens is 437 g/mol. The maximum atomic E-state index is 15.1. The fraction of sp³-hybridized carbons (Fsp3) is 0.517. The van der Waals surface area contributed by atoms with Crippen molar-refractivity contribution in [1.82, 2.24) is 0 Å². The van der Waals surface area contributed by atoms with Gasteiger partial charge in [-0.2, -0.15) is 0 Å². The van der Waals surface area contributed by atoms with E-state index in [9.17, 15) is 8.78 Å². The highest BCUT2D eigenvalue weighted by Crippen LogP contribution is 2.41. The summed E-state index contributed by atoms with van der Waals surface area (Å²) in [6.45, 7) is 9.64. The van der Waals surface area contributed by atoms with E-state index in [1.165, 1.54) is 6.08 Å². The SMILES string of the molecule is C=C(/C=C(/F)C(=C)/C=C/C1CCC(c2ccc(C3CCC(OC)CC3)c(F)c2F)CC1)OCC. The zero-order valence-corrected chi connectivity index (χ0v) is 20.4. The molecule has 5 heteroatoms. The third-order valence-electron chi connectivity index (χ3n) is 7.29. The first-order valence-electron chi connectivity index (χ1n) is 12.4. The molecule has 0 heterocycles. The first-order chi connectivity index (χ1) is 16.3. The number of halogens is 3. The minimum Gasteiger partial charge on any atom is -0.494 e. The molecule has 0 amide bonds. The first kappa shape index (κ1) is 26.3. The van der Waals surface area contributed by atoms with Gasteiger partial charge < -0.3 is 9.47 Å². The second-order valence-corrected chi connectivity index (χ2v) is 9.47. The van der Waals surface area contributed by atoms with E-state index in [4.69, 9.17) is 9.47 Å². The molecule has 2 aliphatic carbocycles. The van der Waals surface area contributed by atoms with E-state index >= 15 is 4.39 Å². The molecule has 0 aromatic heterocycles. The van der Waals surface area contributed by atoms with Crippen LogP contribution in [0.25, 0.3) is 0 Å².